The van der Waals surface area contributed by atoms with E-state index < -0.39 is 0 Å². The Morgan fingerprint density at radius 1 is 0.593 bits per heavy atom. The normalized spacial score (nSPS) is 11.9. The number of hydrogen-bond acceptors (Lipinski definition) is 1. The molecule has 27 heavy (non-hydrogen) atoms. The molecule has 1 nitrogen and oxygen atoms in total. The van der Waals surface area contributed by atoms with E-state index in [2.05, 4.69) is 96.4 Å². The molecular weight excluding hydrogens is 346 g/mol. The van der Waals surface area contributed by atoms with Crippen LogP contribution in [0, 0.1) is 6.92 Å². The first-order valence-corrected chi connectivity index (χ1v) is 10.0. The van der Waals surface area contributed by atoms with Crippen molar-refractivity contribution in [2.75, 3.05) is 0 Å². The van der Waals surface area contributed by atoms with Crippen LogP contribution in [0.5, 0.6) is 0 Å². The minimum atomic E-state index is 1.21. The van der Waals surface area contributed by atoms with Crippen LogP contribution >= 0.6 is 11.3 Å². The van der Waals surface area contributed by atoms with Crippen LogP contribution in [0.15, 0.2) is 84.9 Å². The summed E-state index contributed by atoms with van der Waals surface area (Å²) in [6.07, 6.45) is 0. The predicted octanol–water partition coefficient (Wildman–Crippen LogP) is 7.46. The maximum atomic E-state index is 2.39. The van der Waals surface area contributed by atoms with Crippen LogP contribution in [-0.4, -0.2) is 4.57 Å². The molecule has 0 saturated carbocycles. The van der Waals surface area contributed by atoms with Gasteiger partial charge in [-0.2, -0.15) is 0 Å². The van der Waals surface area contributed by atoms with Crippen molar-refractivity contribution in [3.05, 3.63) is 90.5 Å². The van der Waals surface area contributed by atoms with Crippen molar-refractivity contribution in [2.45, 2.75) is 6.92 Å². The number of nitrogens with zero attached hydrogens (tertiary/aromatic N) is 1. The molecule has 0 fully saturated rings. The molecule has 0 spiro atoms. The van der Waals surface area contributed by atoms with E-state index in [0.29, 0.717) is 0 Å². The highest BCUT2D eigenvalue weighted by molar-refractivity contribution is 7.25. The third-order valence-corrected chi connectivity index (χ3v) is 6.55. The van der Waals surface area contributed by atoms with E-state index in [1.165, 1.54) is 53.2 Å². The molecule has 2 heteroatoms. The van der Waals surface area contributed by atoms with Crippen LogP contribution in [0.2, 0.25) is 0 Å². The van der Waals surface area contributed by atoms with Gasteiger partial charge in [0.15, 0.2) is 0 Å². The third-order valence-electron chi connectivity index (χ3n) is 5.44. The first kappa shape index (κ1) is 15.0. The summed E-state index contributed by atoms with van der Waals surface area (Å²) < 4.78 is 5.11. The molecule has 0 atom stereocenters. The van der Waals surface area contributed by atoms with Crippen molar-refractivity contribution < 1.29 is 0 Å². The predicted molar refractivity (Wildman–Crippen MR) is 118 cm³/mol. The summed E-state index contributed by atoms with van der Waals surface area (Å²) in [6.45, 7) is 2.16. The molecule has 0 aliphatic rings. The summed E-state index contributed by atoms with van der Waals surface area (Å²) >= 11 is 1.89. The minimum absolute atomic E-state index is 1.21. The van der Waals surface area contributed by atoms with Gasteiger partial charge in [0.25, 0.3) is 0 Å². The van der Waals surface area contributed by atoms with Crippen molar-refractivity contribution in [2.24, 2.45) is 0 Å². The number of aryl methyl sites for hydroxylation is 1. The lowest BCUT2D eigenvalue weighted by atomic mass is 10.1. The van der Waals surface area contributed by atoms with Crippen LogP contribution < -0.4 is 0 Å². The van der Waals surface area contributed by atoms with Gasteiger partial charge < -0.3 is 4.57 Å². The maximum absolute atomic E-state index is 2.39. The van der Waals surface area contributed by atoms with Gasteiger partial charge in [-0.25, -0.2) is 0 Å². The molecule has 0 unspecified atom stereocenters. The lowest BCUT2D eigenvalue weighted by molar-refractivity contribution is 1.18. The number of para-hydroxylation sites is 2. The number of fused-ring (bicyclic) bond motifs is 6. The summed E-state index contributed by atoms with van der Waals surface area (Å²) in [5.41, 5.74) is 5.06. The Balaban J connectivity index is 1.82. The number of rotatable bonds is 1. The number of hydrogen-bond donors (Lipinski definition) is 0. The SMILES string of the molecule is Cc1ccc2c(c1)sc1cc3c(cc12)c1ccccc1n3-c1ccccc1. The number of aromatic nitrogens is 1. The monoisotopic (exact) mass is 363 g/mol. The van der Waals surface area contributed by atoms with E-state index in [4.69, 9.17) is 0 Å². The van der Waals surface area contributed by atoms with E-state index in [1.807, 2.05) is 11.3 Å². The smallest absolute Gasteiger partial charge is 0.0555 e. The summed E-state index contributed by atoms with van der Waals surface area (Å²) in [6, 6.07) is 30.9. The molecular formula is C25H17NS. The highest BCUT2D eigenvalue weighted by Crippen LogP contribution is 2.40. The Hall–Kier alpha value is -3.10. The maximum Gasteiger partial charge on any atom is 0.0555 e. The zero-order chi connectivity index (χ0) is 18.0. The minimum Gasteiger partial charge on any atom is -0.309 e. The molecule has 4 aromatic carbocycles. The van der Waals surface area contributed by atoms with Crippen LogP contribution in [0.25, 0.3) is 47.7 Å². The molecule has 6 rings (SSSR count). The fourth-order valence-electron chi connectivity index (χ4n) is 4.20. The van der Waals surface area contributed by atoms with E-state index in [9.17, 15) is 0 Å². The first-order valence-electron chi connectivity index (χ1n) is 9.21. The van der Waals surface area contributed by atoms with E-state index in [-0.39, 0.29) is 0 Å². The largest absolute Gasteiger partial charge is 0.309 e. The van der Waals surface area contributed by atoms with Crippen molar-refractivity contribution in [3.63, 3.8) is 0 Å². The Bertz CT molecular complexity index is 1470. The van der Waals surface area contributed by atoms with Gasteiger partial charge in [0.05, 0.1) is 11.0 Å². The lowest BCUT2D eigenvalue weighted by Gasteiger charge is -2.07. The van der Waals surface area contributed by atoms with E-state index in [0.717, 1.165) is 0 Å². The molecule has 0 N–H and O–H groups in total. The molecule has 0 aliphatic heterocycles. The van der Waals surface area contributed by atoms with Gasteiger partial charge >= 0.3 is 0 Å². The molecule has 0 radical (unpaired) electrons. The summed E-state index contributed by atoms with van der Waals surface area (Å²) in [4.78, 5) is 0. The van der Waals surface area contributed by atoms with Crippen molar-refractivity contribution in [1.29, 1.82) is 0 Å². The van der Waals surface area contributed by atoms with Gasteiger partial charge in [0.1, 0.15) is 0 Å². The summed E-state index contributed by atoms with van der Waals surface area (Å²) in [7, 11) is 0. The molecule has 2 aromatic heterocycles. The second-order valence-corrected chi connectivity index (χ2v) is 8.24. The Morgan fingerprint density at radius 2 is 1.37 bits per heavy atom. The molecule has 2 heterocycles. The van der Waals surface area contributed by atoms with Crippen molar-refractivity contribution in [1.82, 2.24) is 4.57 Å². The first-order chi connectivity index (χ1) is 13.3. The second-order valence-electron chi connectivity index (χ2n) is 7.16. The molecule has 0 bridgehead atoms. The molecule has 128 valence electrons. The van der Waals surface area contributed by atoms with Crippen molar-refractivity contribution >= 4 is 53.3 Å². The average molecular weight is 363 g/mol. The molecule has 0 aliphatic carbocycles. The second kappa shape index (κ2) is 5.45. The summed E-state index contributed by atoms with van der Waals surface area (Å²) in [5, 5.41) is 5.35. The molecule has 6 aromatic rings. The quantitative estimate of drug-likeness (QED) is 0.286. The standard InChI is InChI=1S/C25H17NS/c1-16-11-12-19-21-14-20-18-9-5-6-10-22(18)26(17-7-3-2-4-8-17)23(20)15-25(21)27-24(19)13-16/h2-15H,1H3. The number of benzene rings is 4. The third kappa shape index (κ3) is 2.11. The highest BCUT2D eigenvalue weighted by atomic mass is 32.1. The summed E-state index contributed by atoms with van der Waals surface area (Å²) in [5.74, 6) is 0. The lowest BCUT2D eigenvalue weighted by Crippen LogP contribution is -1.92. The Labute approximate surface area is 161 Å². The molecule has 0 saturated heterocycles. The average Bonchev–Trinajstić information content (AvgIpc) is 3.21. The van der Waals surface area contributed by atoms with Crippen LogP contribution in [0.4, 0.5) is 0 Å². The zero-order valence-electron chi connectivity index (χ0n) is 14.9. The Kier molecular flexibility index (Phi) is 3.03. The fourth-order valence-corrected chi connectivity index (χ4v) is 5.42. The van der Waals surface area contributed by atoms with Gasteiger partial charge in [-0.05, 0) is 48.9 Å². The van der Waals surface area contributed by atoms with Gasteiger partial charge in [-0.1, -0.05) is 48.5 Å². The van der Waals surface area contributed by atoms with E-state index in [1.54, 1.807) is 0 Å². The van der Waals surface area contributed by atoms with Crippen LogP contribution in [0.1, 0.15) is 5.56 Å². The van der Waals surface area contributed by atoms with Crippen LogP contribution in [-0.2, 0) is 0 Å². The highest BCUT2D eigenvalue weighted by Gasteiger charge is 2.15. The van der Waals surface area contributed by atoms with Gasteiger partial charge in [0, 0.05) is 36.6 Å². The number of thiophene rings is 1. The Morgan fingerprint density at radius 3 is 2.26 bits per heavy atom. The van der Waals surface area contributed by atoms with E-state index >= 15 is 0 Å². The van der Waals surface area contributed by atoms with Gasteiger partial charge in [-0.15, -0.1) is 11.3 Å². The van der Waals surface area contributed by atoms with Gasteiger partial charge in [-0.3, -0.25) is 0 Å². The van der Waals surface area contributed by atoms with Gasteiger partial charge in [0.2, 0.25) is 0 Å². The fraction of sp³-hybridized carbons (Fsp3) is 0.0400. The molecule has 0 amide bonds. The topological polar surface area (TPSA) is 4.93 Å². The zero-order valence-corrected chi connectivity index (χ0v) is 15.8. The van der Waals surface area contributed by atoms with Crippen LogP contribution in [0.3, 0.4) is 0 Å². The van der Waals surface area contributed by atoms with Crippen molar-refractivity contribution in [3.8, 4) is 5.69 Å².